The monoisotopic (exact) mass is 362 g/mol. The maximum absolute atomic E-state index is 8.80. The van der Waals surface area contributed by atoms with Gasteiger partial charge in [0.05, 0.1) is 6.61 Å². The van der Waals surface area contributed by atoms with Crippen LogP contribution in [0.2, 0.25) is 0 Å². The van der Waals surface area contributed by atoms with Crippen LogP contribution in [0.15, 0.2) is 60.7 Å². The molecule has 2 nitrogen and oxygen atoms in total. The number of fused-ring (bicyclic) bond motifs is 1. The van der Waals surface area contributed by atoms with E-state index in [2.05, 4.69) is 67.6 Å². The molecule has 0 atom stereocenters. The van der Waals surface area contributed by atoms with Gasteiger partial charge in [-0.3, -0.25) is 0 Å². The molecule has 0 bridgehead atoms. The predicted molar refractivity (Wildman–Crippen MR) is 114 cm³/mol. The third-order valence-electron chi connectivity index (χ3n) is 4.96. The third kappa shape index (κ3) is 5.58. The molecule has 142 valence electrons. The number of aryl methyl sites for hydroxylation is 1. The van der Waals surface area contributed by atoms with Crippen LogP contribution >= 0.6 is 0 Å². The number of hydrogen-bond acceptors (Lipinski definition) is 2. The van der Waals surface area contributed by atoms with Crippen LogP contribution in [0.3, 0.4) is 0 Å². The minimum absolute atomic E-state index is 0.288. The van der Waals surface area contributed by atoms with Crippen molar-refractivity contribution >= 4 is 10.8 Å². The first-order valence-corrected chi connectivity index (χ1v) is 10.2. The Morgan fingerprint density at radius 3 is 2.22 bits per heavy atom. The van der Waals surface area contributed by atoms with Crippen LogP contribution in [0.5, 0.6) is 5.75 Å². The largest absolute Gasteiger partial charge is 0.494 e. The highest BCUT2D eigenvalue weighted by atomic mass is 16.5. The summed E-state index contributed by atoms with van der Waals surface area (Å²) in [6, 6.07) is 21.9. The molecular weight excluding hydrogens is 332 g/mol. The minimum atomic E-state index is 0.288. The van der Waals surface area contributed by atoms with Crippen LogP contribution < -0.4 is 4.74 Å². The van der Waals surface area contributed by atoms with E-state index in [1.807, 2.05) is 0 Å². The predicted octanol–water partition coefficient (Wildman–Crippen LogP) is 6.39. The number of aliphatic hydroxyl groups is 1. The highest BCUT2D eigenvalue weighted by molar-refractivity contribution is 5.88. The second-order valence-corrected chi connectivity index (χ2v) is 7.16. The molecule has 0 aromatic heterocycles. The average molecular weight is 363 g/mol. The van der Waals surface area contributed by atoms with Gasteiger partial charge in [-0.05, 0) is 71.3 Å². The first-order valence-electron chi connectivity index (χ1n) is 10.2. The Balaban J connectivity index is 1.64. The van der Waals surface area contributed by atoms with Crippen molar-refractivity contribution in [2.45, 2.75) is 45.4 Å². The fraction of sp³-hybridized carbons (Fsp3) is 0.360. The van der Waals surface area contributed by atoms with Crippen LogP contribution in [-0.2, 0) is 6.42 Å². The lowest BCUT2D eigenvalue weighted by Gasteiger charge is -2.09. The maximum atomic E-state index is 8.80. The van der Waals surface area contributed by atoms with E-state index in [9.17, 15) is 0 Å². The molecule has 27 heavy (non-hydrogen) atoms. The second-order valence-electron chi connectivity index (χ2n) is 7.16. The zero-order valence-electron chi connectivity index (χ0n) is 16.3. The lowest BCUT2D eigenvalue weighted by molar-refractivity contribution is 0.273. The van der Waals surface area contributed by atoms with Gasteiger partial charge in [-0.15, -0.1) is 0 Å². The lowest BCUT2D eigenvalue weighted by Crippen LogP contribution is -1.97. The third-order valence-corrected chi connectivity index (χ3v) is 4.96. The summed E-state index contributed by atoms with van der Waals surface area (Å²) in [5.41, 5.74) is 3.92. The Bertz CT molecular complexity index is 837. The van der Waals surface area contributed by atoms with Crippen molar-refractivity contribution in [2.75, 3.05) is 13.2 Å². The Kier molecular flexibility index (Phi) is 7.29. The van der Waals surface area contributed by atoms with Gasteiger partial charge in [0.2, 0.25) is 0 Å². The highest BCUT2D eigenvalue weighted by Crippen LogP contribution is 2.27. The number of benzene rings is 3. The number of ether oxygens (including phenoxy) is 1. The van der Waals surface area contributed by atoms with Gasteiger partial charge in [0.1, 0.15) is 5.75 Å². The van der Waals surface area contributed by atoms with Crippen LogP contribution in [0.4, 0.5) is 0 Å². The maximum Gasteiger partial charge on any atom is 0.119 e. The van der Waals surface area contributed by atoms with E-state index in [4.69, 9.17) is 9.84 Å². The van der Waals surface area contributed by atoms with Gasteiger partial charge in [0.25, 0.3) is 0 Å². The molecule has 0 fully saturated rings. The van der Waals surface area contributed by atoms with Gasteiger partial charge < -0.3 is 9.84 Å². The molecule has 0 saturated carbocycles. The molecule has 0 heterocycles. The van der Waals surface area contributed by atoms with Gasteiger partial charge in [0, 0.05) is 6.61 Å². The van der Waals surface area contributed by atoms with Crippen molar-refractivity contribution < 1.29 is 9.84 Å². The van der Waals surface area contributed by atoms with E-state index in [0.717, 1.165) is 44.5 Å². The molecule has 0 unspecified atom stereocenters. The number of aliphatic hydroxyl groups excluding tert-OH is 1. The van der Waals surface area contributed by atoms with Crippen molar-refractivity contribution in [1.29, 1.82) is 0 Å². The van der Waals surface area contributed by atoms with Crippen LogP contribution in [0.1, 0.15) is 44.6 Å². The SMILES string of the molecule is CCCc1ccc(-c2ccc3cc(OCCCCCCO)ccc3c2)cc1. The molecule has 0 aliphatic rings. The van der Waals surface area contributed by atoms with Gasteiger partial charge in [-0.2, -0.15) is 0 Å². The van der Waals surface area contributed by atoms with E-state index in [1.54, 1.807) is 0 Å². The summed E-state index contributed by atoms with van der Waals surface area (Å²) < 4.78 is 5.88. The van der Waals surface area contributed by atoms with E-state index in [0.29, 0.717) is 0 Å². The molecule has 3 rings (SSSR count). The van der Waals surface area contributed by atoms with Crippen LogP contribution in [0.25, 0.3) is 21.9 Å². The number of rotatable bonds is 10. The molecule has 3 aromatic carbocycles. The molecular formula is C25H30O2. The van der Waals surface area contributed by atoms with Crippen molar-refractivity contribution in [2.24, 2.45) is 0 Å². The molecule has 0 spiro atoms. The van der Waals surface area contributed by atoms with E-state index >= 15 is 0 Å². The molecule has 0 radical (unpaired) electrons. The zero-order valence-corrected chi connectivity index (χ0v) is 16.3. The first kappa shape index (κ1) is 19.4. The summed E-state index contributed by atoms with van der Waals surface area (Å²) in [4.78, 5) is 0. The first-order chi connectivity index (χ1) is 13.3. The van der Waals surface area contributed by atoms with Crippen molar-refractivity contribution in [3.63, 3.8) is 0 Å². The summed E-state index contributed by atoms with van der Waals surface area (Å²) in [7, 11) is 0. The van der Waals surface area contributed by atoms with Crippen LogP contribution in [-0.4, -0.2) is 18.3 Å². The minimum Gasteiger partial charge on any atom is -0.494 e. The van der Waals surface area contributed by atoms with Gasteiger partial charge >= 0.3 is 0 Å². The fourth-order valence-electron chi connectivity index (χ4n) is 3.40. The quantitative estimate of drug-likeness (QED) is 0.423. The Labute approximate surface area is 162 Å². The summed E-state index contributed by atoms with van der Waals surface area (Å²) >= 11 is 0. The number of unbranched alkanes of at least 4 members (excludes halogenated alkanes) is 3. The van der Waals surface area contributed by atoms with E-state index in [-0.39, 0.29) is 6.61 Å². The van der Waals surface area contributed by atoms with Crippen molar-refractivity contribution in [3.05, 3.63) is 66.2 Å². The van der Waals surface area contributed by atoms with Gasteiger partial charge in [0.15, 0.2) is 0 Å². The summed E-state index contributed by atoms with van der Waals surface area (Å²) in [5, 5.41) is 11.2. The lowest BCUT2D eigenvalue weighted by atomic mass is 9.99. The molecule has 3 aromatic rings. The van der Waals surface area contributed by atoms with Crippen LogP contribution in [0, 0.1) is 0 Å². The van der Waals surface area contributed by atoms with Crippen molar-refractivity contribution in [1.82, 2.24) is 0 Å². The topological polar surface area (TPSA) is 29.5 Å². The molecule has 0 amide bonds. The molecule has 2 heteroatoms. The molecule has 0 aliphatic heterocycles. The van der Waals surface area contributed by atoms with Crippen molar-refractivity contribution in [3.8, 4) is 16.9 Å². The Morgan fingerprint density at radius 1 is 0.741 bits per heavy atom. The van der Waals surface area contributed by atoms with E-state index < -0.39 is 0 Å². The molecule has 1 N–H and O–H groups in total. The highest BCUT2D eigenvalue weighted by Gasteiger charge is 2.03. The number of hydrogen-bond donors (Lipinski definition) is 1. The second kappa shape index (κ2) is 10.1. The summed E-state index contributed by atoms with van der Waals surface area (Å²) in [5.74, 6) is 0.932. The zero-order chi connectivity index (χ0) is 18.9. The summed E-state index contributed by atoms with van der Waals surface area (Å²) in [6.45, 7) is 3.24. The summed E-state index contributed by atoms with van der Waals surface area (Å²) in [6.07, 6.45) is 6.42. The molecule has 0 saturated heterocycles. The molecule has 0 aliphatic carbocycles. The fourth-order valence-corrected chi connectivity index (χ4v) is 3.40. The average Bonchev–Trinajstić information content (AvgIpc) is 2.71. The van der Waals surface area contributed by atoms with Gasteiger partial charge in [-0.25, -0.2) is 0 Å². The standard InChI is InChI=1S/C25H30O2/c1-2-7-20-8-10-21(11-9-20)22-12-13-24-19-25(15-14-23(24)18-22)27-17-6-4-3-5-16-26/h8-15,18-19,26H,2-7,16-17H2,1H3. The van der Waals surface area contributed by atoms with E-state index in [1.165, 1.54) is 33.9 Å². The Hall–Kier alpha value is -2.32. The smallest absolute Gasteiger partial charge is 0.119 e. The normalized spacial score (nSPS) is 11.0. The van der Waals surface area contributed by atoms with Gasteiger partial charge in [-0.1, -0.05) is 62.2 Å². The Morgan fingerprint density at radius 2 is 1.44 bits per heavy atom.